The molecule has 0 N–H and O–H groups in total. The summed E-state index contributed by atoms with van der Waals surface area (Å²) in [5, 5.41) is 2.15. The molecule has 0 saturated carbocycles. The van der Waals surface area contributed by atoms with E-state index in [1.807, 2.05) is 0 Å². The number of hydrogen-bond donors (Lipinski definition) is 0. The highest BCUT2D eigenvalue weighted by Gasteiger charge is 2.29. The standard InChI is InChI=1S/C25H44N4OSi2/c1-22(2)30-32-25(31-23-10-6-5-7-11-23)13-9-8-12-24(28-18-14-26(3)15-19-28)29-20-16-27(4)17-21-29/h5-7,10-11,22,24-25H,8-9,12-21H2,1-4H3. The van der Waals surface area contributed by atoms with Gasteiger partial charge < -0.3 is 14.2 Å². The van der Waals surface area contributed by atoms with E-state index in [0.717, 1.165) is 9.52 Å². The summed E-state index contributed by atoms with van der Waals surface area (Å²) in [5.74, 6) is 0. The molecule has 7 heteroatoms. The Bertz CT molecular complexity index is 598. The Morgan fingerprint density at radius 3 is 1.84 bits per heavy atom. The van der Waals surface area contributed by atoms with Gasteiger partial charge in [-0.05, 0) is 39.5 Å². The van der Waals surface area contributed by atoms with Crippen molar-refractivity contribution in [1.29, 1.82) is 0 Å². The molecule has 32 heavy (non-hydrogen) atoms. The van der Waals surface area contributed by atoms with Crippen LogP contribution in [-0.2, 0) is 4.43 Å². The van der Waals surface area contributed by atoms with Gasteiger partial charge in [0.2, 0.25) is 9.76 Å². The highest BCUT2D eigenvalue weighted by molar-refractivity contribution is 6.65. The second-order valence-corrected chi connectivity index (χ2v) is 13.1. The Labute approximate surface area is 202 Å². The summed E-state index contributed by atoms with van der Waals surface area (Å²) in [6.45, 7) is 14.0. The largest absolute Gasteiger partial charge is 0.415 e. The highest BCUT2D eigenvalue weighted by atomic mass is 28.3. The van der Waals surface area contributed by atoms with Crippen molar-refractivity contribution in [2.75, 3.05) is 66.5 Å². The van der Waals surface area contributed by atoms with Crippen LogP contribution in [0.5, 0.6) is 0 Å². The Balaban J connectivity index is 1.50. The lowest BCUT2D eigenvalue weighted by Crippen LogP contribution is -2.58. The summed E-state index contributed by atoms with van der Waals surface area (Å²) in [4.78, 5) is 10.5. The van der Waals surface area contributed by atoms with Gasteiger partial charge in [-0.2, -0.15) is 0 Å². The molecule has 0 bridgehead atoms. The maximum Gasteiger partial charge on any atom is 0.230 e. The van der Waals surface area contributed by atoms with Crippen LogP contribution < -0.4 is 5.19 Å². The van der Waals surface area contributed by atoms with Gasteiger partial charge in [0.15, 0.2) is 0 Å². The summed E-state index contributed by atoms with van der Waals surface area (Å²) in [5.41, 5.74) is 0. The third kappa shape index (κ3) is 9.01. The number of rotatable bonds is 12. The zero-order chi connectivity index (χ0) is 22.8. The molecule has 5 nitrogen and oxygen atoms in total. The third-order valence-corrected chi connectivity index (χ3v) is 9.96. The van der Waals surface area contributed by atoms with E-state index in [1.54, 1.807) is 0 Å². The van der Waals surface area contributed by atoms with Gasteiger partial charge in [0.25, 0.3) is 0 Å². The summed E-state index contributed by atoms with van der Waals surface area (Å²) < 4.78 is 6.07. The summed E-state index contributed by atoms with van der Waals surface area (Å²) in [6.07, 6.45) is 6.19. The molecule has 1 aromatic rings. The molecule has 0 amide bonds. The number of hydrogen-bond acceptors (Lipinski definition) is 5. The highest BCUT2D eigenvalue weighted by Crippen LogP contribution is 2.21. The van der Waals surface area contributed by atoms with Crippen LogP contribution in [0.1, 0.15) is 39.5 Å². The van der Waals surface area contributed by atoms with Crippen molar-refractivity contribution in [2.45, 2.75) is 57.0 Å². The molecule has 0 aliphatic carbocycles. The molecular weight excluding hydrogens is 428 g/mol. The van der Waals surface area contributed by atoms with Crippen molar-refractivity contribution < 1.29 is 4.43 Å². The van der Waals surface area contributed by atoms with Gasteiger partial charge in [-0.25, -0.2) is 0 Å². The quantitative estimate of drug-likeness (QED) is 0.343. The summed E-state index contributed by atoms with van der Waals surface area (Å²) >= 11 is 0. The number of likely N-dealkylation sites (N-methyl/N-ethyl adjacent to an activating group) is 2. The second-order valence-electron chi connectivity index (χ2n) is 9.79. The SMILES string of the molecule is CC(C)O[Si]C(CCCCC(N1CCN(C)CC1)N1CCN(C)CC1)[Si]c1ccccc1. The van der Waals surface area contributed by atoms with Crippen molar-refractivity contribution in [3.8, 4) is 0 Å². The van der Waals surface area contributed by atoms with Gasteiger partial charge >= 0.3 is 0 Å². The first-order chi connectivity index (χ1) is 15.5. The Hall–Kier alpha value is -0.546. The number of unbranched alkanes of at least 4 members (excludes halogenated alkanes) is 1. The van der Waals surface area contributed by atoms with Crippen molar-refractivity contribution in [1.82, 2.24) is 19.6 Å². The maximum atomic E-state index is 6.07. The molecule has 2 aliphatic heterocycles. The lowest BCUT2D eigenvalue weighted by atomic mass is 10.1. The topological polar surface area (TPSA) is 22.2 Å². The first-order valence-corrected chi connectivity index (χ1v) is 14.7. The van der Waals surface area contributed by atoms with Crippen LogP contribution in [0.25, 0.3) is 0 Å². The molecule has 0 spiro atoms. The smallest absolute Gasteiger partial charge is 0.230 e. The fourth-order valence-corrected chi connectivity index (χ4v) is 7.46. The fourth-order valence-electron chi connectivity index (χ4n) is 4.63. The Morgan fingerprint density at radius 1 is 0.781 bits per heavy atom. The van der Waals surface area contributed by atoms with Crippen LogP contribution in [0.2, 0.25) is 5.16 Å². The van der Waals surface area contributed by atoms with Crippen LogP contribution in [-0.4, -0.2) is 118 Å². The minimum atomic E-state index is 0.329. The van der Waals surface area contributed by atoms with Crippen molar-refractivity contribution in [2.24, 2.45) is 0 Å². The zero-order valence-electron chi connectivity index (χ0n) is 20.8. The van der Waals surface area contributed by atoms with Gasteiger partial charge in [-0.1, -0.05) is 54.8 Å². The van der Waals surface area contributed by atoms with E-state index in [0.29, 0.717) is 27.2 Å². The minimum absolute atomic E-state index is 0.329. The number of benzene rings is 1. The van der Waals surface area contributed by atoms with Crippen LogP contribution in [0.3, 0.4) is 0 Å². The molecule has 1 unspecified atom stereocenters. The van der Waals surface area contributed by atoms with Gasteiger partial charge in [0.1, 0.15) is 0 Å². The van der Waals surface area contributed by atoms with Crippen LogP contribution in [0.15, 0.2) is 30.3 Å². The van der Waals surface area contributed by atoms with Crippen molar-refractivity contribution >= 4 is 24.5 Å². The van der Waals surface area contributed by atoms with Gasteiger partial charge in [-0.3, -0.25) is 9.80 Å². The van der Waals surface area contributed by atoms with E-state index in [2.05, 4.69) is 77.9 Å². The van der Waals surface area contributed by atoms with E-state index >= 15 is 0 Å². The molecule has 1 atom stereocenters. The maximum absolute atomic E-state index is 6.07. The number of piperazine rings is 2. The van der Waals surface area contributed by atoms with E-state index in [9.17, 15) is 0 Å². The first-order valence-electron chi connectivity index (χ1n) is 12.6. The normalized spacial score (nSPS) is 20.9. The lowest BCUT2D eigenvalue weighted by molar-refractivity contribution is -0.0142. The van der Waals surface area contributed by atoms with Crippen LogP contribution >= 0.6 is 0 Å². The first kappa shape index (κ1) is 26.1. The molecule has 1 aromatic carbocycles. The number of nitrogens with zero attached hydrogens (tertiary/aromatic N) is 4. The second kappa shape index (κ2) is 14.0. The van der Waals surface area contributed by atoms with Gasteiger partial charge in [-0.15, -0.1) is 0 Å². The van der Waals surface area contributed by atoms with Crippen molar-refractivity contribution in [3.05, 3.63) is 30.3 Å². The molecule has 0 aromatic heterocycles. The lowest BCUT2D eigenvalue weighted by Gasteiger charge is -2.46. The third-order valence-electron chi connectivity index (χ3n) is 6.68. The molecule has 2 saturated heterocycles. The predicted molar refractivity (Wildman–Crippen MR) is 138 cm³/mol. The van der Waals surface area contributed by atoms with E-state index < -0.39 is 0 Å². The van der Waals surface area contributed by atoms with Crippen LogP contribution in [0.4, 0.5) is 0 Å². The molecule has 3 rings (SSSR count). The fraction of sp³-hybridized carbons (Fsp3) is 0.760. The summed E-state index contributed by atoms with van der Waals surface area (Å²) in [6, 6.07) is 11.0. The molecule has 178 valence electrons. The van der Waals surface area contributed by atoms with E-state index in [1.165, 1.54) is 83.2 Å². The van der Waals surface area contributed by atoms with Gasteiger partial charge in [0.05, 0.1) is 15.7 Å². The van der Waals surface area contributed by atoms with E-state index in [4.69, 9.17) is 4.43 Å². The Kier molecular flexibility index (Phi) is 11.4. The molecule has 2 heterocycles. The predicted octanol–water partition coefficient (Wildman–Crippen LogP) is 2.19. The van der Waals surface area contributed by atoms with Gasteiger partial charge in [0, 0.05) is 58.5 Å². The molecule has 2 aliphatic rings. The monoisotopic (exact) mass is 472 g/mol. The average molecular weight is 473 g/mol. The molecule has 4 radical (unpaired) electrons. The zero-order valence-corrected chi connectivity index (χ0v) is 22.8. The van der Waals surface area contributed by atoms with Crippen LogP contribution in [0, 0.1) is 0 Å². The van der Waals surface area contributed by atoms with Crippen molar-refractivity contribution in [3.63, 3.8) is 0 Å². The minimum Gasteiger partial charge on any atom is -0.415 e. The van der Waals surface area contributed by atoms with E-state index in [-0.39, 0.29) is 0 Å². The molecule has 2 fully saturated rings. The molecular formula is C25H44N4OSi2. The summed E-state index contributed by atoms with van der Waals surface area (Å²) in [7, 11) is 6.00. The average Bonchev–Trinajstić information content (AvgIpc) is 2.79. The Morgan fingerprint density at radius 2 is 1.31 bits per heavy atom.